The van der Waals surface area contributed by atoms with Crippen LogP contribution in [0.3, 0.4) is 0 Å². The zero-order valence-corrected chi connectivity index (χ0v) is 16.7. The molecule has 8 heteroatoms. The molecule has 146 valence electrons. The van der Waals surface area contributed by atoms with E-state index in [9.17, 15) is 15.0 Å². The first-order chi connectivity index (χ1) is 14.0. The summed E-state index contributed by atoms with van der Waals surface area (Å²) in [6.45, 7) is 0. The second-order valence-electron chi connectivity index (χ2n) is 5.97. The Balaban J connectivity index is 1.67. The molecular weight excluding hydrogens is 436 g/mol. The Hall–Kier alpha value is -3.36. The van der Waals surface area contributed by atoms with Crippen LogP contribution in [-0.2, 0) is 4.79 Å². The van der Waals surface area contributed by atoms with Gasteiger partial charge in [0.2, 0.25) is 0 Å². The first-order valence-corrected chi connectivity index (χ1v) is 9.38. The van der Waals surface area contributed by atoms with Gasteiger partial charge in [0.25, 0.3) is 5.91 Å². The van der Waals surface area contributed by atoms with Crippen LogP contribution >= 0.6 is 15.9 Å². The first-order valence-electron chi connectivity index (χ1n) is 8.59. The quantitative estimate of drug-likeness (QED) is 0.285. The summed E-state index contributed by atoms with van der Waals surface area (Å²) in [5.41, 5.74) is 4.22. The van der Waals surface area contributed by atoms with Crippen molar-refractivity contribution in [2.24, 2.45) is 15.3 Å². The zero-order chi connectivity index (χ0) is 20.6. The third-order valence-electron chi connectivity index (χ3n) is 3.84. The summed E-state index contributed by atoms with van der Waals surface area (Å²) in [7, 11) is 0. The molecule has 0 fully saturated rings. The summed E-state index contributed by atoms with van der Waals surface area (Å²) >= 11 is 3.37. The summed E-state index contributed by atoms with van der Waals surface area (Å²) in [4.78, 5) is 12.0. The smallest absolute Gasteiger partial charge is 0.273 e. The molecule has 3 aromatic carbocycles. The fourth-order valence-corrected chi connectivity index (χ4v) is 2.76. The van der Waals surface area contributed by atoms with Gasteiger partial charge < -0.3 is 10.2 Å². The number of azo groups is 1. The van der Waals surface area contributed by atoms with Crippen LogP contribution in [0.1, 0.15) is 17.2 Å². The summed E-state index contributed by atoms with van der Waals surface area (Å²) < 4.78 is 0.890. The van der Waals surface area contributed by atoms with E-state index in [4.69, 9.17) is 0 Å². The Kier molecular flexibility index (Phi) is 6.83. The molecule has 0 saturated carbocycles. The second kappa shape index (κ2) is 9.72. The topological polar surface area (TPSA) is 107 Å². The minimum atomic E-state index is -1.34. The van der Waals surface area contributed by atoms with Crippen molar-refractivity contribution in [3.8, 4) is 5.75 Å². The van der Waals surface area contributed by atoms with Crippen molar-refractivity contribution in [3.63, 3.8) is 0 Å². The van der Waals surface area contributed by atoms with Crippen LogP contribution < -0.4 is 5.43 Å². The second-order valence-corrected chi connectivity index (χ2v) is 6.89. The summed E-state index contributed by atoms with van der Waals surface area (Å²) in [6, 6.07) is 20.5. The van der Waals surface area contributed by atoms with Crippen molar-refractivity contribution in [2.45, 2.75) is 6.10 Å². The number of hydrogen-bond donors (Lipinski definition) is 3. The van der Waals surface area contributed by atoms with Gasteiger partial charge in [-0.3, -0.25) is 4.79 Å². The van der Waals surface area contributed by atoms with Crippen LogP contribution in [0.4, 0.5) is 11.4 Å². The highest BCUT2D eigenvalue weighted by molar-refractivity contribution is 9.10. The van der Waals surface area contributed by atoms with E-state index >= 15 is 0 Å². The number of aromatic hydroxyl groups is 1. The van der Waals surface area contributed by atoms with Crippen molar-refractivity contribution < 1.29 is 15.0 Å². The Bertz CT molecular complexity index is 1050. The lowest BCUT2D eigenvalue weighted by molar-refractivity contribution is -0.129. The van der Waals surface area contributed by atoms with Crippen LogP contribution in [0, 0.1) is 0 Å². The molecule has 0 unspecified atom stereocenters. The largest absolute Gasteiger partial charge is 0.507 e. The number of halogens is 1. The van der Waals surface area contributed by atoms with E-state index in [2.05, 4.69) is 36.7 Å². The Morgan fingerprint density at radius 1 is 0.966 bits per heavy atom. The maximum Gasteiger partial charge on any atom is 0.273 e. The number of rotatable bonds is 6. The molecular formula is C21H17BrN4O3. The molecule has 0 saturated heterocycles. The number of hydrogen-bond acceptors (Lipinski definition) is 6. The minimum Gasteiger partial charge on any atom is -0.507 e. The summed E-state index contributed by atoms with van der Waals surface area (Å²) in [5.74, 6) is -0.717. The standard InChI is InChI=1S/C21H17BrN4O3/c22-16-7-4-8-17(12-16)24-25-18-9-10-19(27)15(11-18)13-23-26-21(29)20(28)14-5-2-1-3-6-14/h1-13,20,27-28H,(H,26,29)/b23-13-,25-24?/t20-/m1/s1. The normalized spacial score (nSPS) is 12.3. The molecule has 3 N–H and O–H groups in total. The van der Waals surface area contributed by atoms with E-state index in [0.29, 0.717) is 22.5 Å². The third kappa shape index (κ3) is 5.81. The Morgan fingerprint density at radius 3 is 2.41 bits per heavy atom. The van der Waals surface area contributed by atoms with Gasteiger partial charge in [-0.05, 0) is 42.0 Å². The Labute approximate surface area is 175 Å². The number of amides is 1. The van der Waals surface area contributed by atoms with Gasteiger partial charge in [0.15, 0.2) is 6.10 Å². The molecule has 0 spiro atoms. The van der Waals surface area contributed by atoms with Gasteiger partial charge in [-0.2, -0.15) is 15.3 Å². The molecule has 0 bridgehead atoms. The maximum atomic E-state index is 12.0. The number of carbonyl (C=O) groups is 1. The van der Waals surface area contributed by atoms with Crippen LogP contribution in [0.25, 0.3) is 0 Å². The molecule has 0 radical (unpaired) electrons. The predicted octanol–water partition coefficient (Wildman–Crippen LogP) is 4.75. The van der Waals surface area contributed by atoms with Crippen LogP contribution in [-0.4, -0.2) is 22.3 Å². The average molecular weight is 453 g/mol. The molecule has 3 rings (SSSR count). The molecule has 3 aromatic rings. The third-order valence-corrected chi connectivity index (χ3v) is 4.34. The minimum absolute atomic E-state index is 0.0342. The van der Waals surface area contributed by atoms with Crippen molar-refractivity contribution in [2.75, 3.05) is 0 Å². The van der Waals surface area contributed by atoms with E-state index in [0.717, 1.165) is 4.47 Å². The highest BCUT2D eigenvalue weighted by Crippen LogP contribution is 2.25. The molecule has 29 heavy (non-hydrogen) atoms. The first kappa shape index (κ1) is 20.4. The Morgan fingerprint density at radius 2 is 1.69 bits per heavy atom. The van der Waals surface area contributed by atoms with E-state index in [-0.39, 0.29) is 5.75 Å². The molecule has 0 heterocycles. The average Bonchev–Trinajstić information content (AvgIpc) is 2.74. The van der Waals surface area contributed by atoms with Crippen molar-refractivity contribution in [3.05, 3.63) is 88.4 Å². The van der Waals surface area contributed by atoms with E-state index in [1.807, 2.05) is 24.3 Å². The van der Waals surface area contributed by atoms with Crippen molar-refractivity contribution in [1.82, 2.24) is 5.43 Å². The van der Waals surface area contributed by atoms with E-state index in [1.165, 1.54) is 12.3 Å². The summed E-state index contributed by atoms with van der Waals surface area (Å²) in [6.07, 6.45) is -0.0735. The molecule has 0 aliphatic rings. The monoisotopic (exact) mass is 452 g/mol. The lowest BCUT2D eigenvalue weighted by atomic mass is 10.1. The number of phenolic OH excluding ortho intramolecular Hbond substituents is 1. The predicted molar refractivity (Wildman–Crippen MR) is 114 cm³/mol. The van der Waals surface area contributed by atoms with Gasteiger partial charge in [-0.25, -0.2) is 5.43 Å². The number of aliphatic hydroxyl groups is 1. The van der Waals surface area contributed by atoms with Crippen molar-refractivity contribution >= 4 is 39.4 Å². The van der Waals surface area contributed by atoms with Gasteiger partial charge in [0, 0.05) is 10.0 Å². The van der Waals surface area contributed by atoms with E-state index in [1.54, 1.807) is 42.5 Å². The van der Waals surface area contributed by atoms with Gasteiger partial charge in [-0.1, -0.05) is 52.3 Å². The van der Waals surface area contributed by atoms with E-state index < -0.39 is 12.0 Å². The molecule has 0 aliphatic heterocycles. The lowest BCUT2D eigenvalue weighted by Gasteiger charge is -2.08. The van der Waals surface area contributed by atoms with Gasteiger partial charge in [0.1, 0.15) is 5.75 Å². The van der Waals surface area contributed by atoms with Crippen LogP contribution in [0.5, 0.6) is 5.75 Å². The molecule has 7 nitrogen and oxygen atoms in total. The fourth-order valence-electron chi connectivity index (χ4n) is 2.37. The number of benzene rings is 3. The number of nitrogens with one attached hydrogen (secondary N) is 1. The fraction of sp³-hybridized carbons (Fsp3) is 0.0476. The molecule has 1 atom stereocenters. The van der Waals surface area contributed by atoms with Crippen molar-refractivity contribution in [1.29, 1.82) is 0 Å². The number of aliphatic hydroxyl groups excluding tert-OH is 1. The molecule has 1 amide bonds. The number of hydrazone groups is 1. The molecule has 0 aliphatic carbocycles. The number of nitrogens with zero attached hydrogens (tertiary/aromatic N) is 3. The lowest BCUT2D eigenvalue weighted by Crippen LogP contribution is -2.25. The SMILES string of the molecule is O=C(N/N=C\c1cc(N=Nc2cccc(Br)c2)ccc1O)[C@H](O)c1ccccc1. The summed E-state index contributed by atoms with van der Waals surface area (Å²) in [5, 5.41) is 32.1. The number of phenols is 1. The van der Waals surface area contributed by atoms with Crippen LogP contribution in [0.15, 0.2) is 92.6 Å². The highest BCUT2D eigenvalue weighted by atomic mass is 79.9. The number of carbonyl (C=O) groups excluding carboxylic acids is 1. The maximum absolute atomic E-state index is 12.0. The highest BCUT2D eigenvalue weighted by Gasteiger charge is 2.16. The zero-order valence-electron chi connectivity index (χ0n) is 15.1. The van der Waals surface area contributed by atoms with Gasteiger partial charge in [0.05, 0.1) is 17.6 Å². The molecule has 0 aromatic heterocycles. The van der Waals surface area contributed by atoms with Gasteiger partial charge in [-0.15, -0.1) is 0 Å². The van der Waals surface area contributed by atoms with Gasteiger partial charge >= 0.3 is 0 Å². The van der Waals surface area contributed by atoms with Crippen LogP contribution in [0.2, 0.25) is 0 Å².